The van der Waals surface area contributed by atoms with Crippen LogP contribution in [0.5, 0.6) is 0 Å². The average Bonchev–Trinajstić information content (AvgIpc) is 3.61. The third-order valence-electron chi connectivity index (χ3n) is 15.5. The fourth-order valence-electron chi connectivity index (χ4n) is 11.5. The van der Waals surface area contributed by atoms with Crippen molar-refractivity contribution in [3.05, 3.63) is 95.3 Å². The van der Waals surface area contributed by atoms with E-state index in [1.165, 1.54) is 57.9 Å². The van der Waals surface area contributed by atoms with E-state index in [4.69, 9.17) is 28.4 Å². The SMILES string of the molecule is C=C(/C=C(COC(=O)OCCSSCCOC(=O)O[C@H]1C[C@]2(C)[C@H](OC(=O)CC)[C@H](C)C[C@H]2[C@@H]2C[C@H](F)C3=CC(=O)C=C[C@]3(C)[C@@]12C)\C(O)=C/C)C(O)CNCCCCCOCCCCCc1ccccc1. The van der Waals surface area contributed by atoms with Crippen LogP contribution in [-0.4, -0.2) is 116 Å². The topological polar surface area (TPSA) is 176 Å². The maximum absolute atomic E-state index is 16.2. The fourth-order valence-corrected chi connectivity index (χ4v) is 13.1. The molecule has 5 rings (SSSR count). The van der Waals surface area contributed by atoms with Gasteiger partial charge in [0.2, 0.25) is 0 Å². The molecular weight excluding hydrogens is 962 g/mol. The predicted octanol–water partition coefficient (Wildman–Crippen LogP) is 11.4. The number of esters is 1. The highest BCUT2D eigenvalue weighted by Gasteiger charge is 2.71. The number of hydrogen-bond acceptors (Lipinski definition) is 15. The Morgan fingerprint density at radius 2 is 1.60 bits per heavy atom. The third kappa shape index (κ3) is 15.5. The molecule has 1 aromatic carbocycles. The van der Waals surface area contributed by atoms with Crippen LogP contribution in [0.2, 0.25) is 0 Å². The summed E-state index contributed by atoms with van der Waals surface area (Å²) in [6.45, 7) is 17.7. The van der Waals surface area contributed by atoms with Gasteiger partial charge < -0.3 is 44.0 Å². The van der Waals surface area contributed by atoms with Gasteiger partial charge in [0.1, 0.15) is 44.0 Å². The van der Waals surface area contributed by atoms with Gasteiger partial charge in [-0.2, -0.15) is 0 Å². The van der Waals surface area contributed by atoms with Crippen molar-refractivity contribution in [3.63, 3.8) is 0 Å². The number of aryl methyl sites for hydroxylation is 1. The quantitative estimate of drug-likeness (QED) is 0.0172. The number of benzene rings is 1. The lowest BCUT2D eigenvalue weighted by molar-refractivity contribution is -0.203. The van der Waals surface area contributed by atoms with Crippen LogP contribution in [0.4, 0.5) is 14.0 Å². The number of fused-ring (bicyclic) bond motifs is 5. The molecule has 3 fully saturated rings. The van der Waals surface area contributed by atoms with Gasteiger partial charge in [-0.25, -0.2) is 14.0 Å². The predicted molar refractivity (Wildman–Crippen MR) is 281 cm³/mol. The van der Waals surface area contributed by atoms with Crippen LogP contribution < -0.4 is 5.32 Å². The molecule has 4 aliphatic rings. The Morgan fingerprint density at radius 3 is 2.28 bits per heavy atom. The zero-order chi connectivity index (χ0) is 52.3. The van der Waals surface area contributed by atoms with Gasteiger partial charge in [0.15, 0.2) is 5.78 Å². The Morgan fingerprint density at radius 1 is 0.917 bits per heavy atom. The van der Waals surface area contributed by atoms with Crippen molar-refractivity contribution in [2.75, 3.05) is 57.6 Å². The number of hydrogen-bond donors (Lipinski definition) is 3. The van der Waals surface area contributed by atoms with Crippen molar-refractivity contribution < 1.29 is 62.2 Å². The largest absolute Gasteiger partial charge is 0.508 e. The van der Waals surface area contributed by atoms with Gasteiger partial charge in [-0.1, -0.05) is 106 Å². The molecule has 10 atom stereocenters. The Balaban J connectivity index is 0.963. The minimum atomic E-state index is -1.35. The summed E-state index contributed by atoms with van der Waals surface area (Å²) in [6, 6.07) is 10.5. The number of aliphatic hydroxyl groups is 2. The molecule has 0 amide bonds. The molecule has 0 heterocycles. The summed E-state index contributed by atoms with van der Waals surface area (Å²) in [7, 11) is 2.82. The number of carbonyl (C=O) groups excluding carboxylic acids is 4. The summed E-state index contributed by atoms with van der Waals surface area (Å²) in [5.41, 5.74) is 0.0885. The number of nitrogens with one attached hydrogen (secondary N) is 1. The lowest BCUT2D eigenvalue weighted by atomic mass is 9.40. The van der Waals surface area contributed by atoms with Gasteiger partial charge in [0.25, 0.3) is 0 Å². The lowest BCUT2D eigenvalue weighted by Gasteiger charge is -2.65. The molecule has 0 bridgehead atoms. The van der Waals surface area contributed by atoms with Crippen LogP contribution in [0, 0.1) is 34.0 Å². The van der Waals surface area contributed by atoms with Gasteiger partial charge in [0.05, 0.1) is 6.10 Å². The van der Waals surface area contributed by atoms with Gasteiger partial charge in [-0.3, -0.25) is 9.59 Å². The molecule has 1 aromatic rings. The first-order valence-corrected chi connectivity index (χ1v) is 28.4. The van der Waals surface area contributed by atoms with E-state index in [0.29, 0.717) is 29.1 Å². The standard InChI is InChI=1S/C56H80FNO12S2/c1-8-47(60)41(31-38(3)48(61)36-58-24-16-12-18-26-65-25-17-11-15-21-40-19-13-10-14-20-40)37-68-52(63)66-27-29-71-72-30-28-67-53(64)69-49-35-54(5)43(32-39(4)51(54)70-50(62)9-2)44-34-46(57)45-33-42(59)22-23-55(45,6)56(44,49)7/h8,10,13-14,19-20,22-23,31,33,39,43-44,46,48-49,51,58,60-61H,3,9,11-12,15-18,21,24-30,32,34-37H2,1-2,4-7H3/b41-31-,47-8+/t39-,43+,44+,46+,48?,49+,51-,54+,55+,56-/m1/s1. The molecule has 0 aliphatic heterocycles. The second-order valence-electron chi connectivity index (χ2n) is 20.3. The molecular formula is C56H80FNO12S2. The monoisotopic (exact) mass is 1040 g/mol. The smallest absolute Gasteiger partial charge is 0.508 e. The number of allylic oxidation sites excluding steroid dienone is 5. The molecule has 1 unspecified atom stereocenters. The molecule has 0 radical (unpaired) electrons. The third-order valence-corrected chi connectivity index (χ3v) is 17.9. The van der Waals surface area contributed by atoms with Crippen LogP contribution >= 0.6 is 21.6 Å². The summed E-state index contributed by atoms with van der Waals surface area (Å²) in [5.74, 6) is -0.114. The van der Waals surface area contributed by atoms with Crippen LogP contribution in [0.1, 0.15) is 111 Å². The van der Waals surface area contributed by atoms with E-state index in [0.717, 1.165) is 64.7 Å². The van der Waals surface area contributed by atoms with Crippen LogP contribution in [0.15, 0.2) is 89.8 Å². The summed E-state index contributed by atoms with van der Waals surface area (Å²) in [5, 5.41) is 24.4. The van der Waals surface area contributed by atoms with Gasteiger partial charge in [-0.15, -0.1) is 0 Å². The molecule has 0 aromatic heterocycles. The maximum atomic E-state index is 16.2. The Labute approximate surface area is 434 Å². The zero-order valence-corrected chi connectivity index (χ0v) is 45.0. The summed E-state index contributed by atoms with van der Waals surface area (Å²) < 4.78 is 50.4. The Bertz CT molecular complexity index is 2100. The van der Waals surface area contributed by atoms with Crippen molar-refractivity contribution in [1.29, 1.82) is 0 Å². The number of ketones is 1. The number of alkyl halides is 1. The molecule has 400 valence electrons. The molecule has 72 heavy (non-hydrogen) atoms. The first kappa shape index (κ1) is 58.8. The van der Waals surface area contributed by atoms with Gasteiger partial charge in [-0.05, 0) is 130 Å². The Kier molecular flexibility index (Phi) is 23.3. The van der Waals surface area contributed by atoms with E-state index < -0.39 is 53.0 Å². The second kappa shape index (κ2) is 28.5. The molecule has 3 N–H and O–H groups in total. The summed E-state index contributed by atoms with van der Waals surface area (Å²) >= 11 is 0. The maximum Gasteiger partial charge on any atom is 0.508 e. The fraction of sp³-hybridized carbons (Fsp3) is 0.643. The number of unbranched alkanes of at least 4 members (excludes halogenated alkanes) is 4. The molecule has 13 nitrogen and oxygen atoms in total. The highest BCUT2D eigenvalue weighted by atomic mass is 33.1. The number of ether oxygens (including phenoxy) is 6. The van der Waals surface area contributed by atoms with Crippen molar-refractivity contribution in [2.24, 2.45) is 34.0 Å². The molecule has 16 heteroatoms. The van der Waals surface area contributed by atoms with Crippen molar-refractivity contribution in [2.45, 2.75) is 137 Å². The van der Waals surface area contributed by atoms with E-state index in [-0.39, 0.29) is 80.0 Å². The second-order valence-corrected chi connectivity index (χ2v) is 23.0. The first-order chi connectivity index (χ1) is 34.5. The molecule has 0 saturated heterocycles. The van der Waals surface area contributed by atoms with Gasteiger partial charge in [0, 0.05) is 59.5 Å². The highest BCUT2D eigenvalue weighted by molar-refractivity contribution is 8.76. The van der Waals surface area contributed by atoms with Gasteiger partial charge >= 0.3 is 18.3 Å². The van der Waals surface area contributed by atoms with Crippen molar-refractivity contribution >= 4 is 45.7 Å². The van der Waals surface area contributed by atoms with E-state index >= 15 is 4.39 Å². The summed E-state index contributed by atoms with van der Waals surface area (Å²) in [4.78, 5) is 51.1. The number of aliphatic hydroxyl groups excluding tert-OH is 2. The molecule has 3 saturated carbocycles. The van der Waals surface area contributed by atoms with E-state index in [1.54, 1.807) is 19.9 Å². The minimum absolute atomic E-state index is 0.0158. The van der Waals surface area contributed by atoms with Crippen LogP contribution in [0.3, 0.4) is 0 Å². The highest BCUT2D eigenvalue weighted by Crippen LogP contribution is 2.72. The van der Waals surface area contributed by atoms with E-state index in [9.17, 15) is 29.4 Å². The van der Waals surface area contributed by atoms with Crippen molar-refractivity contribution in [3.8, 4) is 0 Å². The Hall–Kier alpha value is -4.09. The van der Waals surface area contributed by atoms with Crippen LogP contribution in [0.25, 0.3) is 0 Å². The minimum Gasteiger partial charge on any atom is -0.508 e. The van der Waals surface area contributed by atoms with E-state index in [1.807, 2.05) is 19.9 Å². The zero-order valence-electron chi connectivity index (χ0n) is 43.3. The van der Waals surface area contributed by atoms with E-state index in [2.05, 4.69) is 50.0 Å². The number of carbonyl (C=O) groups is 4. The normalized spacial score (nSPS) is 28.2. The summed E-state index contributed by atoms with van der Waals surface area (Å²) in [6.07, 6.45) is 11.3. The lowest BCUT2D eigenvalue weighted by Crippen LogP contribution is -2.65. The number of halogens is 1. The van der Waals surface area contributed by atoms with Crippen LogP contribution in [-0.2, 0) is 44.4 Å². The number of rotatable bonds is 29. The van der Waals surface area contributed by atoms with Crippen molar-refractivity contribution in [1.82, 2.24) is 5.32 Å². The molecule has 0 spiro atoms. The average molecular weight is 1040 g/mol. The first-order valence-electron chi connectivity index (χ1n) is 25.9. The molecule has 4 aliphatic carbocycles.